The van der Waals surface area contributed by atoms with Gasteiger partial charge >= 0.3 is 0 Å². The monoisotopic (exact) mass is 341 g/mol. The average Bonchev–Trinajstić information content (AvgIpc) is 2.86. The number of H-pyrrole nitrogens is 2. The van der Waals surface area contributed by atoms with Crippen LogP contribution in [0.15, 0.2) is 29.1 Å². The van der Waals surface area contributed by atoms with E-state index in [1.165, 1.54) is 0 Å². The van der Waals surface area contributed by atoms with Gasteiger partial charge in [-0.2, -0.15) is 5.10 Å². The largest absolute Gasteiger partial charge is 0.323 e. The molecule has 0 saturated carbocycles. The van der Waals surface area contributed by atoms with Gasteiger partial charge in [-0.1, -0.05) is 12.1 Å². The van der Waals surface area contributed by atoms with Gasteiger partial charge in [-0.15, -0.1) is 0 Å². The first-order valence-electron chi connectivity index (χ1n) is 8.04. The number of benzene rings is 1. The molecule has 0 fully saturated rings. The van der Waals surface area contributed by atoms with Crippen LogP contribution in [-0.2, 0) is 11.3 Å². The molecule has 25 heavy (non-hydrogen) atoms. The number of para-hydroxylation sites is 1. The van der Waals surface area contributed by atoms with Crippen molar-refractivity contribution in [2.75, 3.05) is 18.9 Å². The minimum atomic E-state index is -0.164. The molecule has 1 unspecified atom stereocenters. The Kier molecular flexibility index (Phi) is 4.62. The van der Waals surface area contributed by atoms with E-state index in [4.69, 9.17) is 0 Å². The number of aryl methyl sites for hydroxylation is 2. The van der Waals surface area contributed by atoms with Crippen molar-refractivity contribution >= 4 is 22.5 Å². The zero-order valence-electron chi connectivity index (χ0n) is 14.4. The number of hydrogen-bond donors (Lipinski definition) is 4. The predicted molar refractivity (Wildman–Crippen MR) is 94.5 cm³/mol. The van der Waals surface area contributed by atoms with Crippen LogP contribution in [0.5, 0.6) is 0 Å². The fourth-order valence-corrected chi connectivity index (χ4v) is 2.76. The standard InChI is InChI=1S/C17H20N6O2/c1-10-16(11(2)22-21-10)20-15(24)9-23(3)8-14-18-13-7-5-4-6-12(13)17(25)19-14/h4-7H,8-9H2,1-3H3,(H,20,24)(H,21,22)(H,18,19,25)/p+1. The second-order valence-electron chi connectivity index (χ2n) is 6.20. The van der Waals surface area contributed by atoms with Crippen molar-refractivity contribution in [3.05, 3.63) is 51.8 Å². The quantitative estimate of drug-likeness (QED) is 0.520. The number of rotatable bonds is 5. The Morgan fingerprint density at radius 1 is 1.28 bits per heavy atom. The zero-order chi connectivity index (χ0) is 18.0. The van der Waals surface area contributed by atoms with Gasteiger partial charge in [0.25, 0.3) is 11.5 Å². The summed E-state index contributed by atoms with van der Waals surface area (Å²) in [6.45, 7) is 4.38. The molecule has 4 N–H and O–H groups in total. The molecule has 8 heteroatoms. The molecule has 2 heterocycles. The fraction of sp³-hybridized carbons (Fsp3) is 0.294. The molecule has 2 aromatic heterocycles. The van der Waals surface area contributed by atoms with Crippen molar-refractivity contribution in [1.82, 2.24) is 20.2 Å². The summed E-state index contributed by atoms with van der Waals surface area (Å²) < 4.78 is 0. The summed E-state index contributed by atoms with van der Waals surface area (Å²) in [7, 11) is 1.88. The summed E-state index contributed by atoms with van der Waals surface area (Å²) in [5, 5.41) is 10.3. The van der Waals surface area contributed by atoms with Crippen LogP contribution in [0.1, 0.15) is 17.2 Å². The Balaban J connectivity index is 1.67. The number of nitrogens with one attached hydrogen (secondary N) is 4. The molecule has 0 radical (unpaired) electrons. The molecule has 8 nitrogen and oxygen atoms in total. The van der Waals surface area contributed by atoms with Crippen LogP contribution in [0.25, 0.3) is 10.9 Å². The van der Waals surface area contributed by atoms with Gasteiger partial charge in [0.15, 0.2) is 12.4 Å². The van der Waals surface area contributed by atoms with E-state index in [1.54, 1.807) is 18.2 Å². The van der Waals surface area contributed by atoms with Gasteiger partial charge in [0.2, 0.25) is 0 Å². The van der Waals surface area contributed by atoms with E-state index >= 15 is 0 Å². The minimum absolute atomic E-state index is 0.117. The summed E-state index contributed by atoms with van der Waals surface area (Å²) >= 11 is 0. The van der Waals surface area contributed by atoms with E-state index in [0.29, 0.717) is 23.3 Å². The molecule has 1 aromatic carbocycles. The van der Waals surface area contributed by atoms with Crippen LogP contribution in [0.4, 0.5) is 5.69 Å². The fourth-order valence-electron chi connectivity index (χ4n) is 2.76. The average molecular weight is 341 g/mol. The van der Waals surface area contributed by atoms with Gasteiger partial charge in [0, 0.05) is 0 Å². The normalized spacial score (nSPS) is 12.3. The number of aromatic amines is 2. The Bertz CT molecular complexity index is 955. The van der Waals surface area contributed by atoms with E-state index in [2.05, 4.69) is 25.5 Å². The molecule has 0 spiro atoms. The van der Waals surface area contributed by atoms with Gasteiger partial charge in [-0.3, -0.25) is 14.7 Å². The maximum atomic E-state index is 12.2. The van der Waals surface area contributed by atoms with Crippen LogP contribution in [0.3, 0.4) is 0 Å². The number of hydrogen-bond acceptors (Lipinski definition) is 4. The first-order valence-corrected chi connectivity index (χ1v) is 8.04. The number of aromatic nitrogens is 4. The molecule has 1 amide bonds. The van der Waals surface area contributed by atoms with Gasteiger partial charge in [-0.25, -0.2) is 4.98 Å². The van der Waals surface area contributed by atoms with Crippen molar-refractivity contribution < 1.29 is 9.69 Å². The third-order valence-electron chi connectivity index (χ3n) is 3.99. The lowest BCUT2D eigenvalue weighted by molar-refractivity contribution is -0.885. The Morgan fingerprint density at radius 3 is 2.76 bits per heavy atom. The van der Waals surface area contributed by atoms with Crippen molar-refractivity contribution in [2.45, 2.75) is 20.4 Å². The lowest BCUT2D eigenvalue weighted by Crippen LogP contribution is -3.08. The molecule has 0 aliphatic heterocycles. The van der Waals surface area contributed by atoms with Crippen molar-refractivity contribution in [2.24, 2.45) is 0 Å². The van der Waals surface area contributed by atoms with Crippen LogP contribution < -0.4 is 15.8 Å². The highest BCUT2D eigenvalue weighted by Gasteiger charge is 2.15. The minimum Gasteiger partial charge on any atom is -0.323 e. The second kappa shape index (κ2) is 6.86. The number of nitrogens with zero attached hydrogens (tertiary/aromatic N) is 2. The topological polar surface area (TPSA) is 108 Å². The molecular formula is C17H21N6O2+. The molecular weight excluding hydrogens is 320 g/mol. The Morgan fingerprint density at radius 2 is 2.04 bits per heavy atom. The van der Waals surface area contributed by atoms with Crippen LogP contribution in [0.2, 0.25) is 0 Å². The van der Waals surface area contributed by atoms with Gasteiger partial charge in [0.1, 0.15) is 6.54 Å². The molecule has 130 valence electrons. The highest BCUT2D eigenvalue weighted by molar-refractivity contribution is 5.92. The van der Waals surface area contributed by atoms with Crippen LogP contribution >= 0.6 is 0 Å². The molecule has 0 bridgehead atoms. The Hall–Kier alpha value is -3.00. The summed E-state index contributed by atoms with van der Waals surface area (Å²) in [4.78, 5) is 32.5. The van der Waals surface area contributed by atoms with Crippen molar-refractivity contribution in [3.8, 4) is 0 Å². The number of anilines is 1. The van der Waals surface area contributed by atoms with Crippen molar-refractivity contribution in [1.29, 1.82) is 0 Å². The van der Waals surface area contributed by atoms with Gasteiger partial charge < -0.3 is 15.2 Å². The third-order valence-corrected chi connectivity index (χ3v) is 3.99. The number of likely N-dealkylation sites (N-methyl/N-ethyl adjacent to an activating group) is 1. The van der Waals surface area contributed by atoms with E-state index in [9.17, 15) is 9.59 Å². The number of carbonyl (C=O) groups is 1. The summed E-state index contributed by atoms with van der Waals surface area (Å²) in [5.74, 6) is 0.443. The summed E-state index contributed by atoms with van der Waals surface area (Å²) in [6, 6.07) is 7.20. The number of fused-ring (bicyclic) bond motifs is 1. The van der Waals surface area contributed by atoms with Gasteiger partial charge in [-0.05, 0) is 26.0 Å². The summed E-state index contributed by atoms with van der Waals surface area (Å²) in [6.07, 6.45) is 0. The van der Waals surface area contributed by atoms with Crippen LogP contribution in [0, 0.1) is 13.8 Å². The molecule has 0 saturated heterocycles. The molecule has 1 atom stereocenters. The smallest absolute Gasteiger partial charge is 0.279 e. The highest BCUT2D eigenvalue weighted by atomic mass is 16.2. The third kappa shape index (κ3) is 3.74. The lowest BCUT2D eigenvalue weighted by atomic mass is 10.2. The molecule has 0 aliphatic carbocycles. The van der Waals surface area contributed by atoms with Crippen molar-refractivity contribution in [3.63, 3.8) is 0 Å². The second-order valence-corrected chi connectivity index (χ2v) is 6.20. The molecule has 0 aliphatic rings. The predicted octanol–water partition coefficient (Wildman–Crippen LogP) is -0.0836. The summed E-state index contributed by atoms with van der Waals surface area (Å²) in [5.41, 5.74) is 2.79. The van der Waals surface area contributed by atoms with Crippen LogP contribution in [-0.4, -0.2) is 39.7 Å². The Labute approximate surface area is 144 Å². The molecule has 3 rings (SSSR count). The number of quaternary nitrogens is 1. The molecule has 3 aromatic rings. The first-order chi connectivity index (χ1) is 11.9. The van der Waals surface area contributed by atoms with E-state index < -0.39 is 0 Å². The maximum Gasteiger partial charge on any atom is 0.279 e. The number of carbonyl (C=O) groups excluding carboxylic acids is 1. The van der Waals surface area contributed by atoms with E-state index in [1.807, 2.05) is 27.0 Å². The van der Waals surface area contributed by atoms with E-state index in [-0.39, 0.29) is 18.0 Å². The zero-order valence-corrected chi connectivity index (χ0v) is 14.4. The number of amides is 1. The lowest BCUT2D eigenvalue weighted by Gasteiger charge is -2.13. The van der Waals surface area contributed by atoms with E-state index in [0.717, 1.165) is 22.0 Å². The highest BCUT2D eigenvalue weighted by Crippen LogP contribution is 2.15. The first kappa shape index (κ1) is 16.8. The van der Waals surface area contributed by atoms with Gasteiger partial charge in [0.05, 0.1) is 35.0 Å². The SMILES string of the molecule is Cc1n[nH]c(C)c1NC(=O)C[NH+](C)Cc1nc2ccccc2c(=O)[nH]1. The maximum absolute atomic E-state index is 12.2.